The number of hydrogen-bond donors (Lipinski definition) is 0. The Morgan fingerprint density at radius 2 is 1.92 bits per heavy atom. The summed E-state index contributed by atoms with van der Waals surface area (Å²) in [6, 6.07) is 4.41. The number of hydrogen-bond acceptors (Lipinski definition) is 5. The second-order valence-electron chi connectivity index (χ2n) is 6.34. The fourth-order valence-electron chi connectivity index (χ4n) is 2.95. The molecule has 0 unspecified atom stereocenters. The molecule has 1 fully saturated rings. The highest BCUT2D eigenvalue weighted by Crippen LogP contribution is 2.30. The van der Waals surface area contributed by atoms with Crippen molar-refractivity contribution in [2.45, 2.75) is 32.4 Å². The van der Waals surface area contributed by atoms with Crippen molar-refractivity contribution in [1.82, 2.24) is 15.0 Å². The average Bonchev–Trinajstić information content (AvgIpc) is 2.66. The second kappa shape index (κ2) is 7.88. The normalized spacial score (nSPS) is 15.9. The van der Waals surface area contributed by atoms with Crippen molar-refractivity contribution < 1.29 is 17.9 Å². The van der Waals surface area contributed by atoms with Crippen LogP contribution in [0.5, 0.6) is 5.75 Å². The molecule has 5 nitrogen and oxygen atoms in total. The van der Waals surface area contributed by atoms with Gasteiger partial charge >= 0.3 is 6.18 Å². The molecular formula is C18H21F3N4O. The lowest BCUT2D eigenvalue weighted by Crippen LogP contribution is -2.36. The summed E-state index contributed by atoms with van der Waals surface area (Å²) in [6.45, 7) is 4.15. The van der Waals surface area contributed by atoms with Crippen LogP contribution in [0, 0.1) is 5.92 Å². The first kappa shape index (κ1) is 18.4. The number of rotatable bonds is 5. The predicted octanol–water partition coefficient (Wildman–Crippen LogP) is 3.75. The van der Waals surface area contributed by atoms with Gasteiger partial charge in [0.25, 0.3) is 0 Å². The second-order valence-corrected chi connectivity index (χ2v) is 6.34. The van der Waals surface area contributed by atoms with Gasteiger partial charge in [0.15, 0.2) is 0 Å². The molecule has 0 aliphatic carbocycles. The molecule has 0 amide bonds. The van der Waals surface area contributed by atoms with Gasteiger partial charge < -0.3 is 9.64 Å². The summed E-state index contributed by atoms with van der Waals surface area (Å²) in [5, 5.41) is 0. The van der Waals surface area contributed by atoms with E-state index in [0.29, 0.717) is 12.5 Å². The zero-order chi connectivity index (χ0) is 18.6. The summed E-state index contributed by atoms with van der Waals surface area (Å²) in [5.41, 5.74) is 0.0823. The number of anilines is 1. The van der Waals surface area contributed by atoms with Gasteiger partial charge in [0, 0.05) is 37.1 Å². The maximum absolute atomic E-state index is 12.7. The minimum absolute atomic E-state index is 0.207. The van der Waals surface area contributed by atoms with Crippen molar-refractivity contribution in [3.63, 3.8) is 0 Å². The summed E-state index contributed by atoms with van der Waals surface area (Å²) in [7, 11) is 0. The SMILES string of the molecule is CCc1cc(N2CCC(COc3ccnc(C(F)(F)F)c3)CC2)ncn1. The molecule has 0 radical (unpaired) electrons. The molecule has 0 N–H and O–H groups in total. The smallest absolute Gasteiger partial charge is 0.433 e. The van der Waals surface area contributed by atoms with Crippen LogP contribution in [0.25, 0.3) is 0 Å². The lowest BCUT2D eigenvalue weighted by atomic mass is 9.98. The third-order valence-corrected chi connectivity index (χ3v) is 4.52. The lowest BCUT2D eigenvalue weighted by Gasteiger charge is -2.32. The number of aryl methyl sites for hydroxylation is 1. The van der Waals surface area contributed by atoms with E-state index in [1.165, 1.54) is 6.07 Å². The first-order valence-corrected chi connectivity index (χ1v) is 8.67. The van der Waals surface area contributed by atoms with Crippen LogP contribution in [-0.2, 0) is 12.6 Å². The van der Waals surface area contributed by atoms with Crippen LogP contribution in [0.4, 0.5) is 19.0 Å². The van der Waals surface area contributed by atoms with Gasteiger partial charge in [-0.25, -0.2) is 9.97 Å². The van der Waals surface area contributed by atoms with E-state index in [1.54, 1.807) is 6.33 Å². The summed E-state index contributed by atoms with van der Waals surface area (Å²) >= 11 is 0. The molecule has 26 heavy (non-hydrogen) atoms. The average molecular weight is 366 g/mol. The molecule has 8 heteroatoms. The fraction of sp³-hybridized carbons (Fsp3) is 0.500. The molecule has 2 aromatic heterocycles. The maximum atomic E-state index is 12.7. The Labute approximate surface area is 150 Å². The Bertz CT molecular complexity index is 730. The van der Waals surface area contributed by atoms with Crippen molar-refractivity contribution >= 4 is 5.82 Å². The molecule has 1 aliphatic rings. The zero-order valence-electron chi connectivity index (χ0n) is 14.5. The minimum Gasteiger partial charge on any atom is -0.493 e. The minimum atomic E-state index is -4.46. The van der Waals surface area contributed by atoms with E-state index >= 15 is 0 Å². The molecule has 140 valence electrons. The van der Waals surface area contributed by atoms with Crippen LogP contribution in [-0.4, -0.2) is 34.6 Å². The van der Waals surface area contributed by atoms with Gasteiger partial charge in [-0.05, 0) is 31.2 Å². The van der Waals surface area contributed by atoms with E-state index in [9.17, 15) is 13.2 Å². The number of pyridine rings is 1. The number of ether oxygens (including phenoxy) is 1. The van der Waals surface area contributed by atoms with Gasteiger partial charge in [-0.15, -0.1) is 0 Å². The van der Waals surface area contributed by atoms with Crippen LogP contribution >= 0.6 is 0 Å². The predicted molar refractivity (Wildman–Crippen MR) is 91.1 cm³/mol. The standard InChI is InChI=1S/C18H21F3N4O/c1-2-14-9-17(24-12-23-14)25-7-4-13(5-8-25)11-26-15-3-6-22-16(10-15)18(19,20)21/h3,6,9-10,12-13H,2,4-5,7-8,11H2,1H3. The topological polar surface area (TPSA) is 51.1 Å². The molecular weight excluding hydrogens is 345 g/mol. The lowest BCUT2D eigenvalue weighted by molar-refractivity contribution is -0.141. The first-order valence-electron chi connectivity index (χ1n) is 8.67. The Balaban J connectivity index is 1.51. The van der Waals surface area contributed by atoms with E-state index < -0.39 is 11.9 Å². The highest BCUT2D eigenvalue weighted by atomic mass is 19.4. The number of halogens is 3. The molecule has 3 rings (SSSR count). The molecule has 0 aromatic carbocycles. The van der Waals surface area contributed by atoms with Gasteiger partial charge in [0.2, 0.25) is 0 Å². The summed E-state index contributed by atoms with van der Waals surface area (Å²) in [5.74, 6) is 1.44. The number of nitrogens with zero attached hydrogens (tertiary/aromatic N) is 4. The summed E-state index contributed by atoms with van der Waals surface area (Å²) < 4.78 is 43.6. The third-order valence-electron chi connectivity index (χ3n) is 4.52. The van der Waals surface area contributed by atoms with Crippen molar-refractivity contribution in [2.24, 2.45) is 5.92 Å². The molecule has 0 bridgehead atoms. The fourth-order valence-corrected chi connectivity index (χ4v) is 2.95. The van der Waals surface area contributed by atoms with Gasteiger partial charge in [-0.2, -0.15) is 13.2 Å². The summed E-state index contributed by atoms with van der Waals surface area (Å²) in [6.07, 6.45) is 0.933. The Morgan fingerprint density at radius 3 is 2.62 bits per heavy atom. The van der Waals surface area contributed by atoms with Crippen molar-refractivity contribution in [3.05, 3.63) is 42.1 Å². The van der Waals surface area contributed by atoms with E-state index in [-0.39, 0.29) is 5.75 Å². The highest BCUT2D eigenvalue weighted by Gasteiger charge is 2.32. The van der Waals surface area contributed by atoms with Gasteiger partial charge in [0.1, 0.15) is 23.6 Å². The highest BCUT2D eigenvalue weighted by molar-refractivity contribution is 5.39. The van der Waals surface area contributed by atoms with Crippen LogP contribution in [0.3, 0.4) is 0 Å². The van der Waals surface area contributed by atoms with Crippen molar-refractivity contribution in [3.8, 4) is 5.75 Å². The maximum Gasteiger partial charge on any atom is 0.433 e. The van der Waals surface area contributed by atoms with E-state index in [1.807, 2.05) is 6.07 Å². The molecule has 0 saturated carbocycles. The third kappa shape index (κ3) is 4.62. The number of piperidine rings is 1. The Morgan fingerprint density at radius 1 is 1.15 bits per heavy atom. The van der Waals surface area contributed by atoms with E-state index in [4.69, 9.17) is 4.74 Å². The van der Waals surface area contributed by atoms with Crippen LogP contribution < -0.4 is 9.64 Å². The summed E-state index contributed by atoms with van der Waals surface area (Å²) in [4.78, 5) is 14.1. The Kier molecular flexibility index (Phi) is 5.58. The molecule has 1 saturated heterocycles. The quantitative estimate of drug-likeness (QED) is 0.807. The van der Waals surface area contributed by atoms with Gasteiger partial charge in [0.05, 0.1) is 6.61 Å². The Hall–Kier alpha value is -2.38. The first-order chi connectivity index (χ1) is 12.5. The zero-order valence-corrected chi connectivity index (χ0v) is 14.5. The van der Waals surface area contributed by atoms with Gasteiger partial charge in [-0.3, -0.25) is 4.98 Å². The largest absolute Gasteiger partial charge is 0.493 e. The molecule has 2 aromatic rings. The molecule has 0 atom stereocenters. The number of aromatic nitrogens is 3. The molecule has 0 spiro atoms. The van der Waals surface area contributed by atoms with E-state index in [2.05, 4.69) is 26.8 Å². The van der Waals surface area contributed by atoms with E-state index in [0.717, 1.165) is 56.1 Å². The number of alkyl halides is 3. The molecule has 1 aliphatic heterocycles. The van der Waals surface area contributed by atoms with Crippen LogP contribution in [0.2, 0.25) is 0 Å². The van der Waals surface area contributed by atoms with Crippen molar-refractivity contribution in [2.75, 3.05) is 24.6 Å². The van der Waals surface area contributed by atoms with Gasteiger partial charge in [-0.1, -0.05) is 6.92 Å². The monoisotopic (exact) mass is 366 g/mol. The van der Waals surface area contributed by atoms with Crippen LogP contribution in [0.1, 0.15) is 31.2 Å². The van der Waals surface area contributed by atoms with Crippen molar-refractivity contribution in [1.29, 1.82) is 0 Å². The molecule has 3 heterocycles. The van der Waals surface area contributed by atoms with Crippen LogP contribution in [0.15, 0.2) is 30.7 Å².